The number of carboxylic acids is 1. The Kier molecular flexibility index (Phi) is 4.15. The van der Waals surface area contributed by atoms with Gasteiger partial charge in [0.1, 0.15) is 12.6 Å². The Hall–Kier alpha value is -2.12. The summed E-state index contributed by atoms with van der Waals surface area (Å²) in [4.78, 5) is 47.6. The molecule has 1 aliphatic heterocycles. The highest BCUT2D eigenvalue weighted by Gasteiger charge is 2.43. The smallest absolute Gasteiger partial charge is 0.319 e. The van der Waals surface area contributed by atoms with Crippen LogP contribution in [0.4, 0.5) is 4.79 Å². The lowest BCUT2D eigenvalue weighted by Gasteiger charge is -2.44. The molecule has 8 nitrogen and oxygen atoms in total. The molecule has 1 saturated heterocycles. The zero-order valence-electron chi connectivity index (χ0n) is 11.8. The van der Waals surface area contributed by atoms with E-state index < -0.39 is 35.4 Å². The average molecular weight is 297 g/mol. The summed E-state index contributed by atoms with van der Waals surface area (Å²) in [6.45, 7) is 1.55. The summed E-state index contributed by atoms with van der Waals surface area (Å²) in [7, 11) is 0. The van der Waals surface area contributed by atoms with Gasteiger partial charge in [-0.05, 0) is 25.7 Å². The zero-order chi connectivity index (χ0) is 15.6. The highest BCUT2D eigenvalue weighted by Crippen LogP contribution is 2.35. The molecule has 4 amide bonds. The van der Waals surface area contributed by atoms with Gasteiger partial charge in [0.05, 0.1) is 12.0 Å². The molecule has 3 N–H and O–H groups in total. The van der Waals surface area contributed by atoms with Crippen molar-refractivity contribution in [2.45, 2.75) is 50.6 Å². The van der Waals surface area contributed by atoms with Gasteiger partial charge in [0.15, 0.2) is 0 Å². The molecule has 0 aromatic rings. The second-order valence-electron chi connectivity index (χ2n) is 5.60. The molecule has 2 fully saturated rings. The molecule has 0 aromatic carbocycles. The minimum absolute atomic E-state index is 0.149. The highest BCUT2D eigenvalue weighted by molar-refractivity contribution is 6.04. The molecule has 1 unspecified atom stereocenters. The molecule has 0 aromatic heterocycles. The standard InChI is InChI=1S/C13H19N3O5/c1-2-8-11(20)14-9(17)7-16(8)12(21)15-13(4-3-5-13)6-10(18)19/h8H,2-7H2,1H3,(H,15,21)(H,18,19)(H,14,17,20). The molecule has 1 heterocycles. The lowest BCUT2D eigenvalue weighted by molar-refractivity contribution is -0.141. The minimum atomic E-state index is -0.977. The number of hydrogen-bond acceptors (Lipinski definition) is 4. The molecular formula is C13H19N3O5. The minimum Gasteiger partial charge on any atom is -0.481 e. The summed E-state index contributed by atoms with van der Waals surface area (Å²) in [5, 5.41) is 13.8. The quantitative estimate of drug-likeness (QED) is 0.623. The first-order valence-electron chi connectivity index (χ1n) is 7.01. The Morgan fingerprint density at radius 3 is 2.57 bits per heavy atom. The van der Waals surface area contributed by atoms with E-state index in [0.717, 1.165) is 6.42 Å². The van der Waals surface area contributed by atoms with Gasteiger partial charge in [0.2, 0.25) is 11.8 Å². The summed E-state index contributed by atoms with van der Waals surface area (Å²) in [6.07, 6.45) is 2.28. The number of aliphatic carboxylic acids is 1. The molecule has 1 saturated carbocycles. The Balaban J connectivity index is 2.08. The summed E-state index contributed by atoms with van der Waals surface area (Å²) in [5.74, 6) is -2.00. The predicted molar refractivity (Wildman–Crippen MR) is 71.3 cm³/mol. The van der Waals surface area contributed by atoms with Crippen LogP contribution in [0.3, 0.4) is 0 Å². The van der Waals surface area contributed by atoms with E-state index in [1.807, 2.05) is 0 Å². The number of amides is 4. The number of rotatable bonds is 4. The number of nitrogens with zero attached hydrogens (tertiary/aromatic N) is 1. The van der Waals surface area contributed by atoms with E-state index in [0.29, 0.717) is 19.3 Å². The van der Waals surface area contributed by atoms with Crippen molar-refractivity contribution in [3.63, 3.8) is 0 Å². The maximum Gasteiger partial charge on any atom is 0.319 e. The summed E-state index contributed by atoms with van der Waals surface area (Å²) < 4.78 is 0. The SMILES string of the molecule is CCC1C(=O)NC(=O)CN1C(=O)NC1(CC(=O)O)CCC1. The second-order valence-corrected chi connectivity index (χ2v) is 5.60. The van der Waals surface area contributed by atoms with Crippen LogP contribution in [0.25, 0.3) is 0 Å². The van der Waals surface area contributed by atoms with Crippen molar-refractivity contribution < 1.29 is 24.3 Å². The van der Waals surface area contributed by atoms with Crippen molar-refractivity contribution in [3.05, 3.63) is 0 Å². The van der Waals surface area contributed by atoms with Gasteiger partial charge >= 0.3 is 12.0 Å². The lowest BCUT2D eigenvalue weighted by Crippen LogP contribution is -2.65. The Morgan fingerprint density at radius 1 is 1.43 bits per heavy atom. The fourth-order valence-corrected chi connectivity index (χ4v) is 2.82. The van der Waals surface area contributed by atoms with Crippen LogP contribution in [0, 0.1) is 0 Å². The third-order valence-corrected chi connectivity index (χ3v) is 4.08. The van der Waals surface area contributed by atoms with E-state index in [4.69, 9.17) is 5.11 Å². The van der Waals surface area contributed by atoms with E-state index in [1.165, 1.54) is 4.90 Å². The van der Waals surface area contributed by atoms with Crippen LogP contribution >= 0.6 is 0 Å². The Labute approximate surface area is 121 Å². The van der Waals surface area contributed by atoms with Crippen LogP contribution in [-0.2, 0) is 14.4 Å². The zero-order valence-corrected chi connectivity index (χ0v) is 11.8. The van der Waals surface area contributed by atoms with Crippen LogP contribution in [0.15, 0.2) is 0 Å². The fourth-order valence-electron chi connectivity index (χ4n) is 2.82. The van der Waals surface area contributed by atoms with Crippen LogP contribution in [0.2, 0.25) is 0 Å². The topological polar surface area (TPSA) is 116 Å². The van der Waals surface area contributed by atoms with E-state index in [-0.39, 0.29) is 13.0 Å². The Bertz CT molecular complexity index is 486. The van der Waals surface area contributed by atoms with Gasteiger partial charge in [-0.1, -0.05) is 6.92 Å². The van der Waals surface area contributed by atoms with Gasteiger partial charge in [-0.25, -0.2) is 4.79 Å². The van der Waals surface area contributed by atoms with Crippen LogP contribution in [-0.4, -0.2) is 51.9 Å². The van der Waals surface area contributed by atoms with Gasteiger partial charge in [-0.3, -0.25) is 19.7 Å². The maximum absolute atomic E-state index is 12.3. The molecular weight excluding hydrogens is 278 g/mol. The lowest BCUT2D eigenvalue weighted by atomic mass is 9.74. The van der Waals surface area contributed by atoms with Crippen LogP contribution < -0.4 is 10.6 Å². The molecule has 0 bridgehead atoms. The number of nitrogens with one attached hydrogen (secondary N) is 2. The molecule has 2 aliphatic rings. The number of hydrogen-bond donors (Lipinski definition) is 3. The first kappa shape index (κ1) is 15.3. The predicted octanol–water partition coefficient (Wildman–Crippen LogP) is -0.170. The number of carboxylic acid groups (broad SMARTS) is 1. The third kappa shape index (κ3) is 3.14. The van der Waals surface area contributed by atoms with Crippen LogP contribution in [0.5, 0.6) is 0 Å². The van der Waals surface area contributed by atoms with E-state index in [1.54, 1.807) is 6.92 Å². The van der Waals surface area contributed by atoms with Crippen molar-refractivity contribution in [3.8, 4) is 0 Å². The maximum atomic E-state index is 12.3. The molecule has 8 heteroatoms. The largest absolute Gasteiger partial charge is 0.481 e. The molecule has 2 rings (SSSR count). The van der Waals surface area contributed by atoms with E-state index in [9.17, 15) is 19.2 Å². The summed E-state index contributed by atoms with van der Waals surface area (Å²) in [5.41, 5.74) is -0.752. The molecule has 0 radical (unpaired) electrons. The van der Waals surface area contributed by atoms with Crippen molar-refractivity contribution in [2.75, 3.05) is 6.54 Å². The first-order chi connectivity index (χ1) is 9.87. The molecule has 0 spiro atoms. The second kappa shape index (κ2) is 5.71. The molecule has 1 atom stereocenters. The van der Waals surface area contributed by atoms with Gasteiger partial charge in [0, 0.05) is 0 Å². The van der Waals surface area contributed by atoms with Gasteiger partial charge in [-0.2, -0.15) is 0 Å². The monoisotopic (exact) mass is 297 g/mol. The fraction of sp³-hybridized carbons (Fsp3) is 0.692. The van der Waals surface area contributed by atoms with Gasteiger partial charge in [0.25, 0.3) is 0 Å². The number of imide groups is 1. The molecule has 116 valence electrons. The number of urea groups is 1. The number of piperazine rings is 1. The van der Waals surface area contributed by atoms with Crippen LogP contribution in [0.1, 0.15) is 39.0 Å². The summed E-state index contributed by atoms with van der Waals surface area (Å²) >= 11 is 0. The highest BCUT2D eigenvalue weighted by atomic mass is 16.4. The normalized spacial score (nSPS) is 24.0. The van der Waals surface area contributed by atoms with E-state index in [2.05, 4.69) is 10.6 Å². The number of carbonyl (C=O) groups excluding carboxylic acids is 3. The molecule has 21 heavy (non-hydrogen) atoms. The average Bonchev–Trinajstić information content (AvgIpc) is 2.34. The van der Waals surface area contributed by atoms with E-state index >= 15 is 0 Å². The van der Waals surface area contributed by atoms with Crippen molar-refractivity contribution >= 4 is 23.8 Å². The van der Waals surface area contributed by atoms with Crippen molar-refractivity contribution in [1.29, 1.82) is 0 Å². The van der Waals surface area contributed by atoms with Gasteiger partial charge < -0.3 is 15.3 Å². The molecule has 1 aliphatic carbocycles. The first-order valence-corrected chi connectivity index (χ1v) is 7.01. The third-order valence-electron chi connectivity index (χ3n) is 4.08. The number of carbonyl (C=O) groups is 4. The van der Waals surface area contributed by atoms with Crippen molar-refractivity contribution in [2.24, 2.45) is 0 Å². The van der Waals surface area contributed by atoms with Crippen molar-refractivity contribution in [1.82, 2.24) is 15.5 Å². The Morgan fingerprint density at radius 2 is 2.10 bits per heavy atom. The van der Waals surface area contributed by atoms with Gasteiger partial charge in [-0.15, -0.1) is 0 Å². The summed E-state index contributed by atoms with van der Waals surface area (Å²) in [6, 6.07) is -1.25.